The number of aromatic nitrogens is 2. The van der Waals surface area contributed by atoms with Crippen molar-refractivity contribution < 1.29 is 0 Å². The molecule has 1 saturated heterocycles. The fraction of sp³-hybridized carbons (Fsp3) is 0.474. The van der Waals surface area contributed by atoms with Crippen LogP contribution in [0.2, 0.25) is 0 Å². The maximum Gasteiger partial charge on any atom is 0.0703 e. The topological polar surface area (TPSA) is 32.3 Å². The third-order valence-corrected chi connectivity index (χ3v) is 4.56. The van der Waals surface area contributed by atoms with E-state index in [0.29, 0.717) is 6.04 Å². The maximum atomic E-state index is 4.63. The Morgan fingerprint density at radius 3 is 2.43 bits per heavy atom. The number of nitrogens with zero attached hydrogens (tertiary/aromatic N) is 4. The number of piperazine rings is 1. The Morgan fingerprint density at radius 1 is 1.04 bits per heavy atom. The van der Waals surface area contributed by atoms with Gasteiger partial charge in [0.05, 0.1) is 5.69 Å². The third-order valence-electron chi connectivity index (χ3n) is 4.56. The number of rotatable bonds is 4. The van der Waals surface area contributed by atoms with Gasteiger partial charge in [0.2, 0.25) is 0 Å². The first kappa shape index (κ1) is 16.1. The van der Waals surface area contributed by atoms with Crippen molar-refractivity contribution >= 4 is 0 Å². The summed E-state index contributed by atoms with van der Waals surface area (Å²) in [5.41, 5.74) is 4.47. The van der Waals surface area contributed by atoms with Gasteiger partial charge in [-0.15, -0.1) is 0 Å². The van der Waals surface area contributed by atoms with Gasteiger partial charge in [-0.1, -0.05) is 6.07 Å². The van der Waals surface area contributed by atoms with Crippen molar-refractivity contribution in [3.8, 4) is 11.3 Å². The Bertz CT molecular complexity index is 628. The summed E-state index contributed by atoms with van der Waals surface area (Å²) in [4.78, 5) is 13.9. The summed E-state index contributed by atoms with van der Waals surface area (Å²) in [7, 11) is 0. The van der Waals surface area contributed by atoms with Crippen molar-refractivity contribution in [2.45, 2.75) is 33.4 Å². The number of aryl methyl sites for hydroxylation is 1. The Kier molecular flexibility index (Phi) is 5.03. The van der Waals surface area contributed by atoms with Crippen LogP contribution in [0.15, 0.2) is 36.7 Å². The van der Waals surface area contributed by atoms with Gasteiger partial charge in [0, 0.05) is 62.4 Å². The first-order valence-electron chi connectivity index (χ1n) is 8.46. The minimum Gasteiger partial charge on any atom is -0.298 e. The highest BCUT2D eigenvalue weighted by Crippen LogP contribution is 2.18. The molecule has 0 unspecified atom stereocenters. The second kappa shape index (κ2) is 7.20. The van der Waals surface area contributed by atoms with Gasteiger partial charge in [0.1, 0.15) is 0 Å². The van der Waals surface area contributed by atoms with Crippen LogP contribution in [-0.2, 0) is 6.54 Å². The van der Waals surface area contributed by atoms with Crippen molar-refractivity contribution in [3.05, 3.63) is 47.9 Å². The fourth-order valence-corrected chi connectivity index (χ4v) is 3.09. The van der Waals surface area contributed by atoms with Crippen LogP contribution in [0.1, 0.15) is 25.1 Å². The molecule has 2 aromatic rings. The van der Waals surface area contributed by atoms with Crippen LogP contribution in [0.3, 0.4) is 0 Å². The predicted octanol–water partition coefficient (Wildman–Crippen LogP) is 2.98. The lowest BCUT2D eigenvalue weighted by molar-refractivity contribution is 0.104. The average Bonchev–Trinajstić information content (AvgIpc) is 2.56. The molecule has 1 fully saturated rings. The molecule has 1 aliphatic rings. The van der Waals surface area contributed by atoms with Crippen molar-refractivity contribution in [3.63, 3.8) is 0 Å². The zero-order valence-electron chi connectivity index (χ0n) is 14.4. The van der Waals surface area contributed by atoms with Crippen LogP contribution in [0.25, 0.3) is 11.3 Å². The van der Waals surface area contributed by atoms with E-state index in [2.05, 4.69) is 51.8 Å². The number of hydrogen-bond donors (Lipinski definition) is 0. The molecule has 122 valence electrons. The van der Waals surface area contributed by atoms with E-state index in [1.807, 2.05) is 25.4 Å². The molecule has 0 bridgehead atoms. The van der Waals surface area contributed by atoms with Gasteiger partial charge in [-0.25, -0.2) is 0 Å². The van der Waals surface area contributed by atoms with Gasteiger partial charge >= 0.3 is 0 Å². The van der Waals surface area contributed by atoms with Crippen LogP contribution < -0.4 is 0 Å². The molecule has 0 amide bonds. The Morgan fingerprint density at radius 2 is 1.83 bits per heavy atom. The summed E-state index contributed by atoms with van der Waals surface area (Å²) in [5.74, 6) is 0. The van der Waals surface area contributed by atoms with E-state index in [9.17, 15) is 0 Å². The molecule has 0 N–H and O–H groups in total. The monoisotopic (exact) mass is 310 g/mol. The van der Waals surface area contributed by atoms with Crippen LogP contribution in [0.5, 0.6) is 0 Å². The highest BCUT2D eigenvalue weighted by molar-refractivity contribution is 5.58. The zero-order valence-corrected chi connectivity index (χ0v) is 14.4. The lowest BCUT2D eigenvalue weighted by Crippen LogP contribution is -2.48. The largest absolute Gasteiger partial charge is 0.298 e. The summed E-state index contributed by atoms with van der Waals surface area (Å²) < 4.78 is 0. The molecule has 1 aliphatic heterocycles. The summed E-state index contributed by atoms with van der Waals surface area (Å²) >= 11 is 0. The number of pyridine rings is 2. The van der Waals surface area contributed by atoms with Crippen LogP contribution >= 0.6 is 0 Å². The second-order valence-corrected chi connectivity index (χ2v) is 6.64. The summed E-state index contributed by atoms with van der Waals surface area (Å²) in [6.45, 7) is 12.2. The smallest absolute Gasteiger partial charge is 0.0703 e. The molecule has 0 aromatic carbocycles. The van der Waals surface area contributed by atoms with Crippen LogP contribution in [0.4, 0.5) is 0 Å². The zero-order chi connectivity index (χ0) is 16.2. The maximum absolute atomic E-state index is 4.63. The van der Waals surface area contributed by atoms with E-state index in [0.717, 1.165) is 36.6 Å². The van der Waals surface area contributed by atoms with E-state index >= 15 is 0 Å². The quantitative estimate of drug-likeness (QED) is 0.869. The SMILES string of the molecule is Cc1cc(-c2ccc(CN3CCN(C(C)C)CC3)cn2)ccn1. The molecule has 3 heterocycles. The molecular formula is C19H26N4. The van der Waals surface area contributed by atoms with Crippen molar-refractivity contribution in [2.75, 3.05) is 26.2 Å². The Balaban J connectivity index is 1.60. The minimum atomic E-state index is 0.655. The lowest BCUT2D eigenvalue weighted by Gasteiger charge is -2.36. The molecule has 0 atom stereocenters. The second-order valence-electron chi connectivity index (χ2n) is 6.64. The van der Waals surface area contributed by atoms with E-state index in [1.165, 1.54) is 18.7 Å². The normalized spacial score (nSPS) is 16.9. The summed E-state index contributed by atoms with van der Waals surface area (Å²) in [6, 6.07) is 9.07. The molecule has 0 radical (unpaired) electrons. The first-order valence-corrected chi connectivity index (χ1v) is 8.46. The van der Waals surface area contributed by atoms with Crippen molar-refractivity contribution in [1.82, 2.24) is 19.8 Å². The lowest BCUT2D eigenvalue weighted by atomic mass is 10.1. The van der Waals surface area contributed by atoms with E-state index in [4.69, 9.17) is 0 Å². The van der Waals surface area contributed by atoms with Gasteiger partial charge in [-0.2, -0.15) is 0 Å². The van der Waals surface area contributed by atoms with E-state index < -0.39 is 0 Å². The molecule has 0 aliphatic carbocycles. The molecule has 4 nitrogen and oxygen atoms in total. The van der Waals surface area contributed by atoms with E-state index in [-0.39, 0.29) is 0 Å². The summed E-state index contributed by atoms with van der Waals surface area (Å²) in [5, 5.41) is 0. The standard InChI is InChI=1S/C19H26N4/c1-15(2)23-10-8-22(9-11-23)14-17-4-5-19(21-13-17)18-6-7-20-16(3)12-18/h4-7,12-13,15H,8-11,14H2,1-3H3. The average molecular weight is 310 g/mol. The molecule has 2 aromatic heterocycles. The first-order chi connectivity index (χ1) is 11.1. The third kappa shape index (κ3) is 4.15. The molecule has 3 rings (SSSR count). The van der Waals surface area contributed by atoms with Gasteiger partial charge in [0.25, 0.3) is 0 Å². The van der Waals surface area contributed by atoms with E-state index in [1.54, 1.807) is 0 Å². The van der Waals surface area contributed by atoms with Gasteiger partial charge in [-0.05, 0) is 44.5 Å². The highest BCUT2D eigenvalue weighted by Gasteiger charge is 2.18. The van der Waals surface area contributed by atoms with Crippen LogP contribution in [0, 0.1) is 6.92 Å². The minimum absolute atomic E-state index is 0.655. The Hall–Kier alpha value is -1.78. The van der Waals surface area contributed by atoms with Crippen molar-refractivity contribution in [2.24, 2.45) is 0 Å². The number of hydrogen-bond acceptors (Lipinski definition) is 4. The predicted molar refractivity (Wildman–Crippen MR) is 94.2 cm³/mol. The fourth-order valence-electron chi connectivity index (χ4n) is 3.09. The van der Waals surface area contributed by atoms with Crippen LogP contribution in [-0.4, -0.2) is 52.0 Å². The van der Waals surface area contributed by atoms with Crippen molar-refractivity contribution in [1.29, 1.82) is 0 Å². The molecule has 4 heteroatoms. The van der Waals surface area contributed by atoms with Gasteiger partial charge in [-0.3, -0.25) is 19.8 Å². The highest BCUT2D eigenvalue weighted by atomic mass is 15.3. The summed E-state index contributed by atoms with van der Waals surface area (Å²) in [6.07, 6.45) is 3.86. The molecule has 23 heavy (non-hydrogen) atoms. The molecule has 0 spiro atoms. The molecular weight excluding hydrogens is 284 g/mol. The van der Waals surface area contributed by atoms with Gasteiger partial charge in [0.15, 0.2) is 0 Å². The Labute approximate surface area is 139 Å². The van der Waals surface area contributed by atoms with Gasteiger partial charge < -0.3 is 0 Å². The molecule has 0 saturated carbocycles.